The van der Waals surface area contributed by atoms with E-state index in [4.69, 9.17) is 9.47 Å². The highest BCUT2D eigenvalue weighted by Crippen LogP contribution is 2.44. The van der Waals surface area contributed by atoms with Crippen molar-refractivity contribution in [3.63, 3.8) is 0 Å². The minimum atomic E-state index is -0.413. The smallest absolute Gasteiger partial charge is 0.410 e. The lowest BCUT2D eigenvalue weighted by Gasteiger charge is -2.44. The summed E-state index contributed by atoms with van der Waals surface area (Å²) >= 11 is 0. The second-order valence-corrected chi connectivity index (χ2v) is 8.43. The Labute approximate surface area is 140 Å². The molecular weight excluding hydrogens is 292 g/mol. The van der Waals surface area contributed by atoms with Crippen LogP contribution in [0.3, 0.4) is 0 Å². The molecule has 3 saturated heterocycles. The molecule has 3 aliphatic rings. The number of ether oxygens (including phenoxy) is 2. The number of methoxy groups -OCH3 is 1. The van der Waals surface area contributed by atoms with Gasteiger partial charge in [0.25, 0.3) is 0 Å². The minimum Gasteiger partial charge on any atom is -0.444 e. The van der Waals surface area contributed by atoms with Crippen molar-refractivity contribution in [3.05, 3.63) is 0 Å². The maximum atomic E-state index is 12.5. The van der Waals surface area contributed by atoms with Crippen LogP contribution in [0.15, 0.2) is 0 Å². The van der Waals surface area contributed by atoms with Gasteiger partial charge in [-0.05, 0) is 71.3 Å². The first-order valence-corrected chi connectivity index (χ1v) is 9.14. The molecule has 3 fully saturated rings. The molecule has 0 radical (unpaired) electrons. The summed E-state index contributed by atoms with van der Waals surface area (Å²) in [7, 11) is 1.83. The average molecular weight is 324 g/mol. The zero-order chi connectivity index (χ0) is 16.6. The van der Waals surface area contributed by atoms with Crippen molar-refractivity contribution in [1.29, 1.82) is 0 Å². The van der Waals surface area contributed by atoms with Gasteiger partial charge in [0.1, 0.15) is 5.60 Å². The quantitative estimate of drug-likeness (QED) is 0.848. The number of piperidine rings is 2. The van der Waals surface area contributed by atoms with Crippen LogP contribution >= 0.6 is 0 Å². The summed E-state index contributed by atoms with van der Waals surface area (Å²) in [6, 6.07) is 0.724. The highest BCUT2D eigenvalue weighted by molar-refractivity contribution is 5.69. The Morgan fingerprint density at radius 2 is 1.78 bits per heavy atom. The zero-order valence-electron chi connectivity index (χ0n) is 15.0. The first-order valence-electron chi connectivity index (χ1n) is 9.14. The predicted octanol–water partition coefficient (Wildman–Crippen LogP) is 2.79. The molecule has 132 valence electrons. The third-order valence-corrected chi connectivity index (χ3v) is 5.76. The fourth-order valence-electron chi connectivity index (χ4n) is 4.83. The predicted molar refractivity (Wildman–Crippen MR) is 89.4 cm³/mol. The summed E-state index contributed by atoms with van der Waals surface area (Å²) in [6.45, 7) is 7.88. The molecule has 5 heteroatoms. The second-order valence-electron chi connectivity index (χ2n) is 8.43. The Kier molecular flexibility index (Phi) is 4.88. The first kappa shape index (κ1) is 17.0. The number of nitrogens with zero attached hydrogens (tertiary/aromatic N) is 1. The molecule has 0 saturated carbocycles. The number of amides is 1. The van der Waals surface area contributed by atoms with E-state index in [0.29, 0.717) is 30.0 Å². The van der Waals surface area contributed by atoms with Crippen LogP contribution in [0.4, 0.5) is 4.79 Å². The van der Waals surface area contributed by atoms with Gasteiger partial charge < -0.3 is 19.7 Å². The molecule has 2 bridgehead atoms. The Morgan fingerprint density at radius 3 is 2.35 bits per heavy atom. The van der Waals surface area contributed by atoms with Crippen LogP contribution in [0.25, 0.3) is 0 Å². The van der Waals surface area contributed by atoms with Gasteiger partial charge in [-0.3, -0.25) is 0 Å². The van der Waals surface area contributed by atoms with Gasteiger partial charge in [-0.1, -0.05) is 0 Å². The van der Waals surface area contributed by atoms with Crippen LogP contribution in [-0.4, -0.2) is 55.0 Å². The van der Waals surface area contributed by atoms with Crippen LogP contribution < -0.4 is 5.32 Å². The summed E-state index contributed by atoms with van der Waals surface area (Å²) < 4.78 is 11.4. The summed E-state index contributed by atoms with van der Waals surface area (Å²) in [4.78, 5) is 14.6. The van der Waals surface area contributed by atoms with E-state index in [1.807, 2.05) is 32.8 Å². The third-order valence-electron chi connectivity index (χ3n) is 5.76. The van der Waals surface area contributed by atoms with E-state index in [1.54, 1.807) is 0 Å². The van der Waals surface area contributed by atoms with Crippen LogP contribution in [-0.2, 0) is 9.47 Å². The Hall–Kier alpha value is -0.810. The maximum Gasteiger partial charge on any atom is 0.410 e. The molecule has 3 heterocycles. The first-order chi connectivity index (χ1) is 10.9. The summed E-state index contributed by atoms with van der Waals surface area (Å²) in [6.07, 6.45) is 5.88. The molecule has 3 aliphatic heterocycles. The lowest BCUT2D eigenvalue weighted by molar-refractivity contribution is -0.0300. The zero-order valence-corrected chi connectivity index (χ0v) is 15.0. The Bertz CT molecular complexity index is 420. The number of carbonyl (C=O) groups excluding carboxylic acids is 1. The van der Waals surface area contributed by atoms with E-state index in [1.165, 1.54) is 6.42 Å². The third kappa shape index (κ3) is 3.66. The molecule has 0 aromatic rings. The lowest BCUT2D eigenvalue weighted by Crippen LogP contribution is -2.52. The number of hydrogen-bond donors (Lipinski definition) is 1. The second kappa shape index (κ2) is 6.60. The molecule has 5 nitrogen and oxygen atoms in total. The maximum absolute atomic E-state index is 12.5. The fourth-order valence-corrected chi connectivity index (χ4v) is 4.83. The minimum absolute atomic E-state index is 0.114. The van der Waals surface area contributed by atoms with E-state index >= 15 is 0 Å². The number of fused-ring (bicyclic) bond motifs is 2. The Balaban J connectivity index is 1.66. The van der Waals surface area contributed by atoms with Gasteiger partial charge >= 0.3 is 6.09 Å². The number of nitrogens with one attached hydrogen (secondary N) is 1. The van der Waals surface area contributed by atoms with Crippen molar-refractivity contribution in [3.8, 4) is 0 Å². The molecule has 0 aromatic carbocycles. The summed E-state index contributed by atoms with van der Waals surface area (Å²) in [5.41, 5.74) is -0.413. The van der Waals surface area contributed by atoms with E-state index in [0.717, 1.165) is 38.8 Å². The SMILES string of the molecule is CO[C@@H]1CNCCC1C1C[C@H]2CC[C@H](C1)N2C(=O)OC(C)(C)C. The number of hydrogen-bond acceptors (Lipinski definition) is 4. The topological polar surface area (TPSA) is 50.8 Å². The Morgan fingerprint density at radius 1 is 1.13 bits per heavy atom. The van der Waals surface area contributed by atoms with Gasteiger partial charge in [0.2, 0.25) is 0 Å². The van der Waals surface area contributed by atoms with Gasteiger partial charge in [-0.25, -0.2) is 4.79 Å². The molecule has 1 unspecified atom stereocenters. The molecule has 23 heavy (non-hydrogen) atoms. The molecule has 3 rings (SSSR count). The number of carbonyl (C=O) groups is 1. The van der Waals surface area contributed by atoms with Gasteiger partial charge in [0.05, 0.1) is 6.10 Å². The highest BCUT2D eigenvalue weighted by atomic mass is 16.6. The van der Waals surface area contributed by atoms with Crippen molar-refractivity contribution in [2.45, 2.75) is 76.7 Å². The standard InChI is InChI=1S/C18H32N2O3/c1-18(2,3)23-17(21)20-13-5-6-14(20)10-12(9-13)15-7-8-19-11-16(15)22-4/h12-16,19H,5-11H2,1-4H3/t13-,14-,15?,16-/m1/s1. The van der Waals surface area contributed by atoms with E-state index < -0.39 is 5.60 Å². The molecule has 0 aliphatic carbocycles. The monoisotopic (exact) mass is 324 g/mol. The summed E-state index contributed by atoms with van der Waals surface area (Å²) in [5, 5.41) is 3.44. The highest BCUT2D eigenvalue weighted by Gasteiger charge is 2.47. The van der Waals surface area contributed by atoms with Gasteiger partial charge in [-0.2, -0.15) is 0 Å². The van der Waals surface area contributed by atoms with Gasteiger partial charge in [0, 0.05) is 25.7 Å². The van der Waals surface area contributed by atoms with Crippen LogP contribution in [0.1, 0.15) is 52.9 Å². The van der Waals surface area contributed by atoms with Crippen LogP contribution in [0, 0.1) is 11.8 Å². The summed E-state index contributed by atoms with van der Waals surface area (Å²) in [5.74, 6) is 1.31. The molecular formula is C18H32N2O3. The van der Waals surface area contributed by atoms with E-state index in [9.17, 15) is 4.79 Å². The van der Waals surface area contributed by atoms with Crippen molar-refractivity contribution in [1.82, 2.24) is 10.2 Å². The van der Waals surface area contributed by atoms with E-state index in [-0.39, 0.29) is 6.09 Å². The van der Waals surface area contributed by atoms with Crippen molar-refractivity contribution in [2.24, 2.45) is 11.8 Å². The molecule has 1 N–H and O–H groups in total. The molecule has 0 aromatic heterocycles. The molecule has 4 atom stereocenters. The fraction of sp³-hybridized carbons (Fsp3) is 0.944. The normalized spacial score (nSPS) is 37.7. The van der Waals surface area contributed by atoms with E-state index in [2.05, 4.69) is 5.32 Å². The van der Waals surface area contributed by atoms with Crippen molar-refractivity contribution in [2.75, 3.05) is 20.2 Å². The van der Waals surface area contributed by atoms with Gasteiger partial charge in [-0.15, -0.1) is 0 Å². The van der Waals surface area contributed by atoms with Gasteiger partial charge in [0.15, 0.2) is 0 Å². The molecule has 0 spiro atoms. The largest absolute Gasteiger partial charge is 0.444 e. The number of rotatable bonds is 2. The lowest BCUT2D eigenvalue weighted by atomic mass is 9.75. The van der Waals surface area contributed by atoms with Crippen molar-refractivity contribution < 1.29 is 14.3 Å². The van der Waals surface area contributed by atoms with Crippen LogP contribution in [0.2, 0.25) is 0 Å². The molecule has 1 amide bonds. The van der Waals surface area contributed by atoms with Crippen molar-refractivity contribution >= 4 is 6.09 Å². The average Bonchev–Trinajstić information content (AvgIpc) is 2.76. The van der Waals surface area contributed by atoms with Crippen LogP contribution in [0.5, 0.6) is 0 Å².